The third kappa shape index (κ3) is 4.60. The highest BCUT2D eigenvalue weighted by molar-refractivity contribution is 5.99. The van der Waals surface area contributed by atoms with E-state index in [0.717, 1.165) is 16.7 Å². The largest absolute Gasteiger partial charge is 0.383 e. The summed E-state index contributed by atoms with van der Waals surface area (Å²) in [6.07, 6.45) is 2.71. The van der Waals surface area contributed by atoms with Crippen molar-refractivity contribution in [2.24, 2.45) is 5.41 Å². The Kier molecular flexibility index (Phi) is 6.45. The van der Waals surface area contributed by atoms with Gasteiger partial charge >= 0.3 is 0 Å². The minimum absolute atomic E-state index is 0.0153. The van der Waals surface area contributed by atoms with Gasteiger partial charge in [-0.2, -0.15) is 0 Å². The Hall–Kier alpha value is -3.67. The van der Waals surface area contributed by atoms with Gasteiger partial charge in [0, 0.05) is 25.8 Å². The number of benzene rings is 2. The van der Waals surface area contributed by atoms with Crippen molar-refractivity contribution >= 4 is 17.6 Å². The van der Waals surface area contributed by atoms with E-state index in [1.807, 2.05) is 19.1 Å². The number of carbonyl (C=O) groups excluding carboxylic acids is 2. The number of amides is 2. The number of nitrogen functional groups attached to an aromatic ring is 1. The second-order valence-electron chi connectivity index (χ2n) is 8.76. The maximum atomic E-state index is 13.4. The highest BCUT2D eigenvalue weighted by Crippen LogP contribution is 2.38. The van der Waals surface area contributed by atoms with Crippen molar-refractivity contribution in [3.8, 4) is 11.1 Å². The van der Waals surface area contributed by atoms with Crippen LogP contribution in [0.3, 0.4) is 0 Å². The standard InChI is InChI=1S/C27H30N4O2/c1-3-29-26(33)27(13-15-31(18-27)25(32)23-12-7-14-30-24(23)28)17-21-9-4-5-11-22(21)20-10-6-8-19(2)16-20/h4-12,14,16H,3,13,15,17-18H2,1-2H3,(H2,28,30)(H,29,33)/t27-/m0/s1. The molecule has 1 aromatic heterocycles. The van der Waals surface area contributed by atoms with Crippen LogP contribution in [0.1, 0.15) is 34.8 Å². The summed E-state index contributed by atoms with van der Waals surface area (Å²) in [7, 11) is 0. The number of hydrogen-bond acceptors (Lipinski definition) is 4. The molecule has 0 saturated carbocycles. The molecule has 0 bridgehead atoms. The van der Waals surface area contributed by atoms with E-state index in [1.54, 1.807) is 23.2 Å². The van der Waals surface area contributed by atoms with Gasteiger partial charge in [-0.1, -0.05) is 54.1 Å². The Morgan fingerprint density at radius 1 is 1.12 bits per heavy atom. The lowest BCUT2D eigenvalue weighted by atomic mass is 9.78. The average molecular weight is 443 g/mol. The summed E-state index contributed by atoms with van der Waals surface area (Å²) in [5, 5.41) is 3.01. The number of aromatic nitrogens is 1. The maximum Gasteiger partial charge on any atom is 0.257 e. The Morgan fingerprint density at radius 3 is 2.70 bits per heavy atom. The molecule has 170 valence electrons. The van der Waals surface area contributed by atoms with Crippen molar-refractivity contribution in [3.05, 3.63) is 83.6 Å². The molecule has 1 atom stereocenters. The second kappa shape index (κ2) is 9.45. The summed E-state index contributed by atoms with van der Waals surface area (Å²) in [4.78, 5) is 32.3. The van der Waals surface area contributed by atoms with E-state index >= 15 is 0 Å². The molecule has 1 fully saturated rings. The number of nitrogens with zero attached hydrogens (tertiary/aromatic N) is 2. The van der Waals surface area contributed by atoms with Gasteiger partial charge in [0.05, 0.1) is 11.0 Å². The molecule has 3 aromatic rings. The molecule has 33 heavy (non-hydrogen) atoms. The minimum Gasteiger partial charge on any atom is -0.383 e. The van der Waals surface area contributed by atoms with Crippen molar-refractivity contribution in [3.63, 3.8) is 0 Å². The van der Waals surface area contributed by atoms with Crippen LogP contribution in [0.25, 0.3) is 11.1 Å². The summed E-state index contributed by atoms with van der Waals surface area (Å²) >= 11 is 0. The van der Waals surface area contributed by atoms with Crippen molar-refractivity contribution in [2.45, 2.75) is 26.7 Å². The number of anilines is 1. The lowest BCUT2D eigenvalue weighted by molar-refractivity contribution is -0.130. The fourth-order valence-electron chi connectivity index (χ4n) is 4.71. The molecule has 1 saturated heterocycles. The van der Waals surface area contributed by atoms with Crippen LogP contribution in [0, 0.1) is 12.3 Å². The normalized spacial score (nSPS) is 17.7. The highest BCUT2D eigenvalue weighted by atomic mass is 16.2. The predicted octanol–water partition coefficient (Wildman–Crippen LogP) is 3.85. The van der Waals surface area contributed by atoms with Crippen molar-refractivity contribution in [1.82, 2.24) is 15.2 Å². The molecule has 0 aliphatic carbocycles. The Bertz CT molecular complexity index is 1180. The van der Waals surface area contributed by atoms with E-state index in [4.69, 9.17) is 5.73 Å². The van der Waals surface area contributed by atoms with Gasteiger partial charge in [0.25, 0.3) is 5.91 Å². The van der Waals surface area contributed by atoms with E-state index in [2.05, 4.69) is 53.6 Å². The number of rotatable bonds is 6. The van der Waals surface area contributed by atoms with Gasteiger partial charge in [0.15, 0.2) is 0 Å². The molecule has 4 rings (SSSR count). The average Bonchev–Trinajstić information content (AvgIpc) is 3.25. The molecule has 1 aliphatic rings. The molecule has 0 radical (unpaired) electrons. The monoisotopic (exact) mass is 442 g/mol. The molecule has 2 aromatic carbocycles. The first-order valence-electron chi connectivity index (χ1n) is 11.4. The molecule has 6 nitrogen and oxygen atoms in total. The number of nitrogens with one attached hydrogen (secondary N) is 1. The first-order valence-corrected chi connectivity index (χ1v) is 11.4. The summed E-state index contributed by atoms with van der Waals surface area (Å²) in [5.74, 6) is 0.0139. The molecule has 3 N–H and O–H groups in total. The second-order valence-corrected chi connectivity index (χ2v) is 8.76. The maximum absolute atomic E-state index is 13.4. The predicted molar refractivity (Wildman–Crippen MR) is 131 cm³/mol. The Morgan fingerprint density at radius 2 is 1.94 bits per heavy atom. The number of aryl methyl sites for hydroxylation is 1. The van der Waals surface area contributed by atoms with Gasteiger partial charge in [-0.05, 0) is 55.5 Å². The molecule has 0 unspecified atom stereocenters. The minimum atomic E-state index is -0.706. The summed E-state index contributed by atoms with van der Waals surface area (Å²) < 4.78 is 0. The highest BCUT2D eigenvalue weighted by Gasteiger charge is 2.46. The Labute approximate surface area is 194 Å². The Balaban J connectivity index is 1.67. The zero-order valence-electron chi connectivity index (χ0n) is 19.2. The van der Waals surface area contributed by atoms with Crippen LogP contribution in [0.5, 0.6) is 0 Å². The van der Waals surface area contributed by atoms with Crippen LogP contribution < -0.4 is 11.1 Å². The number of hydrogen-bond donors (Lipinski definition) is 2. The molecule has 1 aliphatic heterocycles. The molecule has 2 heterocycles. The molecular formula is C27H30N4O2. The first kappa shape index (κ1) is 22.5. The number of likely N-dealkylation sites (tertiary alicyclic amines) is 1. The van der Waals surface area contributed by atoms with Gasteiger partial charge in [0.1, 0.15) is 5.82 Å². The third-order valence-electron chi connectivity index (χ3n) is 6.40. The fraction of sp³-hybridized carbons (Fsp3) is 0.296. The summed E-state index contributed by atoms with van der Waals surface area (Å²) in [6.45, 7) is 5.38. The van der Waals surface area contributed by atoms with Crippen LogP contribution in [0.2, 0.25) is 0 Å². The van der Waals surface area contributed by atoms with Crippen LogP contribution in [0.4, 0.5) is 5.82 Å². The van der Waals surface area contributed by atoms with Gasteiger partial charge in [0.2, 0.25) is 5.91 Å². The SMILES string of the molecule is CCNC(=O)[C@]1(Cc2ccccc2-c2cccc(C)c2)CCN(C(=O)c2cccnc2N)C1. The number of nitrogens with two attached hydrogens (primary N) is 1. The van der Waals surface area contributed by atoms with Crippen molar-refractivity contribution in [1.29, 1.82) is 0 Å². The zero-order valence-corrected chi connectivity index (χ0v) is 19.2. The topological polar surface area (TPSA) is 88.3 Å². The quantitative estimate of drug-likeness (QED) is 0.607. The van der Waals surface area contributed by atoms with Crippen LogP contribution >= 0.6 is 0 Å². The number of pyridine rings is 1. The number of carbonyl (C=O) groups is 2. The lowest BCUT2D eigenvalue weighted by Gasteiger charge is -2.29. The molecular weight excluding hydrogens is 412 g/mol. The van der Waals surface area contributed by atoms with Gasteiger partial charge in [-0.3, -0.25) is 9.59 Å². The fourth-order valence-corrected chi connectivity index (χ4v) is 4.71. The summed E-state index contributed by atoms with van der Waals surface area (Å²) in [5.41, 5.74) is 10.2. The van der Waals surface area contributed by atoms with E-state index in [0.29, 0.717) is 38.0 Å². The van der Waals surface area contributed by atoms with E-state index in [1.165, 1.54) is 5.56 Å². The third-order valence-corrected chi connectivity index (χ3v) is 6.40. The lowest BCUT2D eigenvalue weighted by Crippen LogP contribution is -2.45. The van der Waals surface area contributed by atoms with Crippen LogP contribution in [0.15, 0.2) is 66.9 Å². The smallest absolute Gasteiger partial charge is 0.257 e. The van der Waals surface area contributed by atoms with Gasteiger partial charge in [-0.25, -0.2) is 4.98 Å². The first-order chi connectivity index (χ1) is 15.9. The summed E-state index contributed by atoms with van der Waals surface area (Å²) in [6, 6.07) is 20.0. The molecule has 0 spiro atoms. The molecule has 6 heteroatoms. The van der Waals surface area contributed by atoms with E-state index in [9.17, 15) is 9.59 Å². The van der Waals surface area contributed by atoms with Crippen LogP contribution in [-0.4, -0.2) is 41.3 Å². The van der Waals surface area contributed by atoms with Crippen molar-refractivity contribution < 1.29 is 9.59 Å². The van der Waals surface area contributed by atoms with E-state index < -0.39 is 5.41 Å². The van der Waals surface area contributed by atoms with Gasteiger partial charge < -0.3 is 16.0 Å². The van der Waals surface area contributed by atoms with Gasteiger partial charge in [-0.15, -0.1) is 0 Å². The van der Waals surface area contributed by atoms with E-state index in [-0.39, 0.29) is 17.6 Å². The van der Waals surface area contributed by atoms with Crippen molar-refractivity contribution in [2.75, 3.05) is 25.4 Å². The molecule has 2 amide bonds. The zero-order chi connectivity index (χ0) is 23.4. The van der Waals surface area contributed by atoms with Crippen LogP contribution in [-0.2, 0) is 11.2 Å².